The number of carbonyl (C=O) groups excluding carboxylic acids is 8. The maximum absolute atomic E-state index is 14.7. The molecule has 16 N–H and O–H groups in total. The molecule has 0 aromatic carbocycles. The lowest BCUT2D eigenvalue weighted by atomic mass is 9.86. The Labute approximate surface area is 582 Å². The second kappa shape index (κ2) is 49.5. The van der Waals surface area contributed by atoms with Gasteiger partial charge in [-0.1, -0.05) is 0 Å². The molecule has 580 valence electrons. The van der Waals surface area contributed by atoms with E-state index in [9.17, 15) is 84.3 Å². The van der Waals surface area contributed by atoms with Crippen molar-refractivity contribution in [2.45, 2.75) is 184 Å². The van der Waals surface area contributed by atoms with Crippen molar-refractivity contribution in [1.82, 2.24) is 42.1 Å². The van der Waals surface area contributed by atoms with Gasteiger partial charge in [-0.3, -0.25) is 38.4 Å². The van der Waals surface area contributed by atoms with Gasteiger partial charge in [0.25, 0.3) is 0 Å². The molecular weight excluding hydrogens is 1340 g/mol. The number of aliphatic hydroxyl groups is 9. The Balaban J connectivity index is 1.61. The van der Waals surface area contributed by atoms with Gasteiger partial charge in [0.1, 0.15) is 86.2 Å². The van der Waals surface area contributed by atoms with E-state index >= 15 is 0 Å². The van der Waals surface area contributed by atoms with Crippen LogP contribution in [0.5, 0.6) is 0 Å². The second-order valence-electron chi connectivity index (χ2n) is 24.8. The minimum Gasteiger partial charge on any atom is -0.394 e. The Morgan fingerprint density at radius 3 is 1.35 bits per heavy atom. The van der Waals surface area contributed by atoms with E-state index in [2.05, 4.69) is 37.2 Å². The molecule has 3 fully saturated rings. The highest BCUT2D eigenvalue weighted by atomic mass is 16.7. The first-order valence-electron chi connectivity index (χ1n) is 33.6. The number of nitrogens with zero attached hydrogens (tertiary/aromatic N) is 1. The van der Waals surface area contributed by atoms with Gasteiger partial charge >= 0.3 is 0 Å². The first kappa shape index (κ1) is 89.1. The van der Waals surface area contributed by atoms with Crippen LogP contribution in [0.1, 0.15) is 80.1 Å². The molecule has 0 spiro atoms. The van der Waals surface area contributed by atoms with E-state index < -0.39 is 184 Å². The lowest BCUT2D eigenvalue weighted by Gasteiger charge is -2.42. The summed E-state index contributed by atoms with van der Waals surface area (Å²) in [5.41, 5.74) is -0.419. The fraction of sp³-hybridized carbons (Fsp3) is 0.871. The Hall–Kier alpha value is -5.12. The highest BCUT2D eigenvalue weighted by Crippen LogP contribution is 2.30. The van der Waals surface area contributed by atoms with Crippen LogP contribution < -0.4 is 37.2 Å². The number of aliphatic hydroxyl groups excluding tert-OH is 9. The summed E-state index contributed by atoms with van der Waals surface area (Å²) in [7, 11) is 1.22. The van der Waals surface area contributed by atoms with Crippen molar-refractivity contribution in [3.05, 3.63) is 0 Å². The first-order valence-corrected chi connectivity index (χ1v) is 33.6. The first-order chi connectivity index (χ1) is 47.6. The van der Waals surface area contributed by atoms with E-state index in [0.29, 0.717) is 25.7 Å². The third kappa shape index (κ3) is 34.9. The van der Waals surface area contributed by atoms with Crippen molar-refractivity contribution in [1.29, 1.82) is 0 Å². The second-order valence-corrected chi connectivity index (χ2v) is 24.8. The number of methoxy groups -OCH3 is 1. The summed E-state index contributed by atoms with van der Waals surface area (Å²) in [6.07, 6.45) is -15.1. The van der Waals surface area contributed by atoms with Gasteiger partial charge in [0.15, 0.2) is 18.8 Å². The predicted octanol–water partition coefficient (Wildman–Crippen LogP) is -7.97. The average molecular weight is 1450 g/mol. The Morgan fingerprint density at radius 2 is 0.950 bits per heavy atom. The van der Waals surface area contributed by atoms with Gasteiger partial charge in [-0.2, -0.15) is 0 Å². The smallest absolute Gasteiger partial charge is 0.246 e. The molecule has 2 aliphatic heterocycles. The van der Waals surface area contributed by atoms with Crippen LogP contribution in [0.3, 0.4) is 0 Å². The van der Waals surface area contributed by atoms with Gasteiger partial charge < -0.3 is 150 Å². The average Bonchev–Trinajstić information content (AvgIpc) is 0.816. The molecule has 15 atom stereocenters. The summed E-state index contributed by atoms with van der Waals surface area (Å²) < 4.78 is 72.3. The Bertz CT molecular complexity index is 2360. The quantitative estimate of drug-likeness (QED) is 0.0199. The van der Waals surface area contributed by atoms with Crippen molar-refractivity contribution < 1.29 is 146 Å². The highest BCUT2D eigenvalue weighted by molar-refractivity contribution is 5.94. The van der Waals surface area contributed by atoms with Crippen molar-refractivity contribution in [3.8, 4) is 0 Å². The van der Waals surface area contributed by atoms with E-state index in [1.807, 2.05) is 20.8 Å². The van der Waals surface area contributed by atoms with Crippen molar-refractivity contribution in [2.24, 2.45) is 5.92 Å². The molecule has 38 heteroatoms. The Morgan fingerprint density at radius 1 is 0.530 bits per heavy atom. The summed E-state index contributed by atoms with van der Waals surface area (Å²) in [6, 6.07) is -3.65. The van der Waals surface area contributed by atoms with Gasteiger partial charge in [-0.25, -0.2) is 0 Å². The number of rotatable bonds is 51. The number of carbonyl (C=O) groups is 8. The van der Waals surface area contributed by atoms with Crippen molar-refractivity contribution >= 4 is 47.3 Å². The third-order valence-corrected chi connectivity index (χ3v) is 15.6. The number of ether oxygens (including phenoxy) is 13. The zero-order chi connectivity index (χ0) is 74.2. The highest BCUT2D eigenvalue weighted by Gasteiger charge is 2.47. The topological polar surface area (TPSA) is 526 Å². The van der Waals surface area contributed by atoms with E-state index in [-0.39, 0.29) is 138 Å². The lowest BCUT2D eigenvalue weighted by molar-refractivity contribution is -0.272. The molecule has 0 radical (unpaired) electrons. The van der Waals surface area contributed by atoms with Crippen LogP contribution in [-0.4, -0.2) is 360 Å². The third-order valence-electron chi connectivity index (χ3n) is 15.6. The molecule has 0 aromatic heterocycles. The molecule has 15 unspecified atom stereocenters. The van der Waals surface area contributed by atoms with Crippen LogP contribution in [0.15, 0.2) is 0 Å². The van der Waals surface area contributed by atoms with Crippen LogP contribution in [0, 0.1) is 5.92 Å². The zero-order valence-corrected chi connectivity index (χ0v) is 58.4. The van der Waals surface area contributed by atoms with Crippen molar-refractivity contribution in [3.63, 3.8) is 0 Å². The van der Waals surface area contributed by atoms with Gasteiger partial charge in [0, 0.05) is 59.9 Å². The predicted molar refractivity (Wildman–Crippen MR) is 344 cm³/mol. The molecule has 3 rings (SSSR count). The summed E-state index contributed by atoms with van der Waals surface area (Å²) in [4.78, 5) is 105. The van der Waals surface area contributed by atoms with Crippen LogP contribution in [0.25, 0.3) is 0 Å². The molecule has 1 saturated carbocycles. The van der Waals surface area contributed by atoms with E-state index in [4.69, 9.17) is 61.6 Å². The largest absolute Gasteiger partial charge is 0.394 e. The summed E-state index contributed by atoms with van der Waals surface area (Å²) in [5.74, 6) is -5.36. The maximum atomic E-state index is 14.7. The monoisotopic (exact) mass is 1450 g/mol. The molecule has 0 aromatic rings. The van der Waals surface area contributed by atoms with E-state index in [0.717, 1.165) is 4.90 Å². The van der Waals surface area contributed by atoms with Gasteiger partial charge in [-0.05, 0) is 52.9 Å². The number of hydrogen-bond acceptors (Lipinski definition) is 30. The molecule has 8 amide bonds. The van der Waals surface area contributed by atoms with Gasteiger partial charge in [-0.15, -0.1) is 0 Å². The van der Waals surface area contributed by atoms with Gasteiger partial charge in [0.2, 0.25) is 47.3 Å². The minimum atomic E-state index is -1.67. The van der Waals surface area contributed by atoms with Crippen LogP contribution in [0.4, 0.5) is 0 Å². The van der Waals surface area contributed by atoms with Crippen LogP contribution in [0.2, 0.25) is 0 Å². The molecule has 2 heterocycles. The summed E-state index contributed by atoms with van der Waals surface area (Å²) >= 11 is 0. The fourth-order valence-corrected chi connectivity index (χ4v) is 10.6. The lowest BCUT2D eigenvalue weighted by Crippen LogP contribution is -2.64. The fourth-order valence-electron chi connectivity index (χ4n) is 10.6. The molecule has 2 saturated heterocycles. The number of amides is 8. The molecular formula is C62H112N8O30. The SMILES string of the molecule is COC(CO)C(O)C(O)C(NC(C)=O)OCCOCCOCCNC(=O)CN(CC(=O)NCCOCCOCCOC1OC(CO)C(O)C(O)C1NC(C)=O)C(=O)C(CCC(=O)NCCOCCOCCOC1OC(CO)C(O)C(O)C1NC(C)=O)NC(=O)C1CCC(OC(C)(C)C)CC1. The normalized spacial score (nSPS) is 24.7. The van der Waals surface area contributed by atoms with Crippen LogP contribution >= 0.6 is 0 Å². The minimum absolute atomic E-state index is 0.00824. The molecule has 0 bridgehead atoms. The van der Waals surface area contributed by atoms with Crippen molar-refractivity contribution in [2.75, 3.05) is 159 Å². The number of hydrogen-bond donors (Lipinski definition) is 16. The molecule has 1 aliphatic carbocycles. The zero-order valence-electron chi connectivity index (χ0n) is 58.4. The Kier molecular flexibility index (Phi) is 44.1. The van der Waals surface area contributed by atoms with Gasteiger partial charge in [0.05, 0.1) is 131 Å². The summed E-state index contributed by atoms with van der Waals surface area (Å²) in [6.45, 7) is 6.25. The molecule has 3 aliphatic rings. The standard InChI is InChI=1S/C62H112N8O30/c1-37(74)66-49-54(83)52(81)44(35-72)98-60(49)96-30-27-93-24-21-89-17-14-63-46(77)13-12-42(69-57(86)40-8-10-41(11-9-40)100-62(4,5)6)59(87)70(32-47(78)64-15-18-90-20-23-92-26-29-95-58(68-39(3)76)56(85)51(80)43(34-71)88-7)33-48(79)65-16-19-91-22-25-94-28-31-97-61-50(67-38(2)75)55(84)53(82)45(36-73)99-61/h40-45,49-56,58,60-61,71-73,80-85H,8-36H2,1-7H3,(H,63,77)(H,64,78)(H,65,79)(H,66,74)(H,67,75)(H,68,76)(H,69,86). The van der Waals surface area contributed by atoms with Crippen LogP contribution in [-0.2, 0) is 99.9 Å². The van der Waals surface area contributed by atoms with E-state index in [1.54, 1.807) is 0 Å². The molecule has 100 heavy (non-hydrogen) atoms. The van der Waals surface area contributed by atoms with E-state index in [1.165, 1.54) is 27.9 Å². The molecule has 38 nitrogen and oxygen atoms in total. The maximum Gasteiger partial charge on any atom is 0.246 e. The number of nitrogens with one attached hydrogen (secondary N) is 7. The summed E-state index contributed by atoms with van der Waals surface area (Å²) in [5, 5.41) is 109.